The number of halogens is 3. The maximum Gasteiger partial charge on any atom is 0.416 e. The number of sulfonamides is 1. The highest BCUT2D eigenvalue weighted by molar-refractivity contribution is 8.18. The van der Waals surface area contributed by atoms with E-state index in [2.05, 4.69) is 15.6 Å². The van der Waals surface area contributed by atoms with E-state index in [-0.39, 0.29) is 33.9 Å². The Balaban J connectivity index is 1.43. The minimum Gasteiger partial charge on any atom is -0.490 e. The minimum absolute atomic E-state index is 0.0267. The van der Waals surface area contributed by atoms with Gasteiger partial charge in [0, 0.05) is 5.69 Å². The van der Waals surface area contributed by atoms with Crippen molar-refractivity contribution in [1.82, 2.24) is 5.32 Å². The topological polar surface area (TPSA) is 149 Å². The van der Waals surface area contributed by atoms with Crippen molar-refractivity contribution in [2.75, 3.05) is 18.5 Å². The highest BCUT2D eigenvalue weighted by Crippen LogP contribution is 2.33. The molecule has 4 N–H and O–H groups in total. The lowest BCUT2D eigenvalue weighted by Gasteiger charge is -2.13. The molecule has 42 heavy (non-hydrogen) atoms. The Morgan fingerprint density at radius 3 is 2.48 bits per heavy atom. The van der Waals surface area contributed by atoms with Crippen LogP contribution in [0.1, 0.15) is 18.1 Å². The van der Waals surface area contributed by atoms with Gasteiger partial charge in [-0.25, -0.2) is 18.5 Å². The SMILES string of the molecule is CCOc1cc(/C=C2/SC(=Nc3ccc(S(N)(=O)=O)cc3)NC2=O)ccc1OCC(=O)Nc1cccc(C(F)(F)F)c1. The first kappa shape index (κ1) is 30.6. The number of carbonyl (C=O) groups is 2. The van der Waals surface area contributed by atoms with Gasteiger partial charge in [0.25, 0.3) is 11.8 Å². The molecule has 0 radical (unpaired) electrons. The van der Waals surface area contributed by atoms with E-state index in [9.17, 15) is 31.2 Å². The fraction of sp³-hybridized carbons (Fsp3) is 0.148. The number of alkyl halides is 3. The molecule has 0 spiro atoms. The van der Waals surface area contributed by atoms with E-state index in [1.807, 2.05) is 0 Å². The zero-order chi connectivity index (χ0) is 30.5. The molecule has 4 rings (SSSR count). The van der Waals surface area contributed by atoms with Crippen LogP contribution in [-0.2, 0) is 25.8 Å². The number of carbonyl (C=O) groups excluding carboxylic acids is 2. The smallest absolute Gasteiger partial charge is 0.416 e. The molecule has 1 heterocycles. The number of amides is 2. The number of hydrogen-bond donors (Lipinski definition) is 3. The van der Waals surface area contributed by atoms with Gasteiger partial charge < -0.3 is 20.1 Å². The summed E-state index contributed by atoms with van der Waals surface area (Å²) in [6.07, 6.45) is -2.95. The zero-order valence-electron chi connectivity index (χ0n) is 21.8. The molecule has 0 aromatic heterocycles. The summed E-state index contributed by atoms with van der Waals surface area (Å²) in [5.74, 6) is -0.574. The lowest BCUT2D eigenvalue weighted by atomic mass is 10.2. The van der Waals surface area contributed by atoms with Crippen LogP contribution in [0.25, 0.3) is 6.08 Å². The van der Waals surface area contributed by atoms with E-state index in [4.69, 9.17) is 14.6 Å². The van der Waals surface area contributed by atoms with Gasteiger partial charge in [0.1, 0.15) is 0 Å². The molecule has 1 aliphatic heterocycles. The highest BCUT2D eigenvalue weighted by atomic mass is 32.2. The number of amidine groups is 1. The summed E-state index contributed by atoms with van der Waals surface area (Å²) in [5, 5.41) is 10.4. The first-order valence-electron chi connectivity index (χ1n) is 12.1. The van der Waals surface area contributed by atoms with Crippen LogP contribution in [-0.4, -0.2) is 38.6 Å². The molecule has 3 aromatic carbocycles. The molecule has 0 bridgehead atoms. The number of anilines is 1. The number of benzene rings is 3. The summed E-state index contributed by atoms with van der Waals surface area (Å²) in [5.41, 5.74) is 0.0661. The molecule has 0 atom stereocenters. The minimum atomic E-state index is -4.54. The Morgan fingerprint density at radius 2 is 1.81 bits per heavy atom. The molecular formula is C27H23F3N4O6S2. The third-order valence-electron chi connectivity index (χ3n) is 5.44. The van der Waals surface area contributed by atoms with Crippen LogP contribution in [0.15, 0.2) is 81.5 Å². The van der Waals surface area contributed by atoms with Crippen LogP contribution in [0.3, 0.4) is 0 Å². The summed E-state index contributed by atoms with van der Waals surface area (Å²) >= 11 is 1.07. The molecular weight excluding hydrogens is 597 g/mol. The number of ether oxygens (including phenoxy) is 2. The van der Waals surface area contributed by atoms with E-state index in [0.29, 0.717) is 16.2 Å². The molecule has 3 aromatic rings. The number of nitrogens with one attached hydrogen (secondary N) is 2. The van der Waals surface area contributed by atoms with Crippen LogP contribution in [0.5, 0.6) is 11.5 Å². The number of nitrogens with two attached hydrogens (primary N) is 1. The number of aliphatic imine (C=N–C) groups is 1. The molecule has 2 amide bonds. The molecule has 10 nitrogen and oxygen atoms in total. The third-order valence-corrected chi connectivity index (χ3v) is 7.28. The normalized spacial score (nSPS) is 15.5. The van der Waals surface area contributed by atoms with Gasteiger partial charge in [0.15, 0.2) is 23.3 Å². The second-order valence-corrected chi connectivity index (χ2v) is 11.2. The van der Waals surface area contributed by atoms with E-state index in [0.717, 1.165) is 23.9 Å². The van der Waals surface area contributed by atoms with Crippen LogP contribution in [0, 0.1) is 0 Å². The van der Waals surface area contributed by atoms with Crippen molar-refractivity contribution < 1.29 is 40.7 Å². The van der Waals surface area contributed by atoms with Gasteiger partial charge in [-0.05, 0) is 84.9 Å². The van der Waals surface area contributed by atoms with E-state index >= 15 is 0 Å². The first-order valence-corrected chi connectivity index (χ1v) is 14.5. The van der Waals surface area contributed by atoms with E-state index < -0.39 is 40.2 Å². The Morgan fingerprint density at radius 1 is 1.07 bits per heavy atom. The van der Waals surface area contributed by atoms with Crippen LogP contribution >= 0.6 is 11.8 Å². The zero-order valence-corrected chi connectivity index (χ0v) is 23.4. The standard InChI is InChI=1S/C27H23F3N4O6S2/c1-2-39-22-12-16(6-11-21(22)40-15-24(35)32-19-5-3-4-17(14-19)27(28,29)30)13-23-25(36)34-26(41-23)33-18-7-9-20(10-8-18)42(31,37)38/h3-14H,2,15H2,1H3,(H,32,35)(H2,31,37,38)(H,33,34,36)/b23-13+. The second kappa shape index (κ2) is 12.7. The Kier molecular flexibility index (Phi) is 9.23. The molecule has 220 valence electrons. The van der Waals surface area contributed by atoms with Gasteiger partial charge in [-0.2, -0.15) is 13.2 Å². The number of nitrogens with zero attached hydrogens (tertiary/aromatic N) is 1. The van der Waals surface area contributed by atoms with Gasteiger partial charge in [0.05, 0.1) is 27.7 Å². The monoisotopic (exact) mass is 620 g/mol. The summed E-state index contributed by atoms with van der Waals surface area (Å²) in [7, 11) is -3.84. The quantitative estimate of drug-likeness (QED) is 0.295. The van der Waals surface area contributed by atoms with Crippen molar-refractivity contribution in [1.29, 1.82) is 0 Å². The van der Waals surface area contributed by atoms with Crippen molar-refractivity contribution in [2.45, 2.75) is 18.0 Å². The van der Waals surface area contributed by atoms with E-state index in [1.165, 1.54) is 42.5 Å². The van der Waals surface area contributed by atoms with Crippen LogP contribution in [0.2, 0.25) is 0 Å². The molecule has 1 saturated heterocycles. The lowest BCUT2D eigenvalue weighted by Crippen LogP contribution is -2.20. The van der Waals surface area contributed by atoms with Crippen molar-refractivity contribution in [3.63, 3.8) is 0 Å². The van der Waals surface area contributed by atoms with Crippen molar-refractivity contribution >= 4 is 56.2 Å². The number of primary sulfonamides is 1. The molecule has 0 unspecified atom stereocenters. The van der Waals surface area contributed by atoms with Crippen molar-refractivity contribution in [2.24, 2.45) is 10.1 Å². The summed E-state index contributed by atoms with van der Waals surface area (Å²) in [6.45, 7) is 1.52. The van der Waals surface area contributed by atoms with Gasteiger partial charge in [-0.15, -0.1) is 0 Å². The largest absolute Gasteiger partial charge is 0.490 e. The summed E-state index contributed by atoms with van der Waals surface area (Å²) in [6, 6.07) is 14.5. The third kappa shape index (κ3) is 8.11. The predicted octanol–water partition coefficient (Wildman–Crippen LogP) is 4.66. The number of thioether (sulfide) groups is 1. The molecule has 0 aliphatic carbocycles. The van der Waals surface area contributed by atoms with Crippen molar-refractivity contribution in [3.05, 3.63) is 82.8 Å². The average molecular weight is 621 g/mol. The van der Waals surface area contributed by atoms with Gasteiger partial charge >= 0.3 is 6.18 Å². The average Bonchev–Trinajstić information content (AvgIpc) is 3.25. The highest BCUT2D eigenvalue weighted by Gasteiger charge is 2.30. The maximum atomic E-state index is 12.9. The maximum absolute atomic E-state index is 12.9. The first-order chi connectivity index (χ1) is 19.8. The fourth-order valence-electron chi connectivity index (χ4n) is 3.58. The summed E-state index contributed by atoms with van der Waals surface area (Å²) in [4.78, 5) is 29.4. The lowest BCUT2D eigenvalue weighted by molar-refractivity contribution is -0.137. The van der Waals surface area contributed by atoms with Gasteiger partial charge in [-0.1, -0.05) is 12.1 Å². The molecule has 15 heteroatoms. The predicted molar refractivity (Wildman–Crippen MR) is 152 cm³/mol. The Hall–Kier alpha value is -4.34. The number of hydrogen-bond acceptors (Lipinski definition) is 8. The van der Waals surface area contributed by atoms with Crippen LogP contribution < -0.4 is 25.2 Å². The Bertz CT molecular complexity index is 1670. The molecule has 0 saturated carbocycles. The van der Waals surface area contributed by atoms with Crippen LogP contribution in [0.4, 0.5) is 24.5 Å². The second-order valence-electron chi connectivity index (χ2n) is 8.58. The number of rotatable bonds is 9. The fourth-order valence-corrected chi connectivity index (χ4v) is 4.93. The summed E-state index contributed by atoms with van der Waals surface area (Å²) < 4.78 is 72.8. The molecule has 1 fully saturated rings. The Labute approximate surface area is 242 Å². The van der Waals surface area contributed by atoms with Gasteiger partial charge in [-0.3, -0.25) is 9.59 Å². The van der Waals surface area contributed by atoms with Gasteiger partial charge in [0.2, 0.25) is 10.0 Å². The van der Waals surface area contributed by atoms with E-state index in [1.54, 1.807) is 25.1 Å². The van der Waals surface area contributed by atoms with Crippen molar-refractivity contribution in [3.8, 4) is 11.5 Å². The molecule has 1 aliphatic rings.